The minimum atomic E-state index is -0.252. The lowest BCUT2D eigenvalue weighted by Gasteiger charge is -2.48. The second-order valence-corrected chi connectivity index (χ2v) is 12.9. The minimum Gasteiger partial charge on any atom is -0.466 e. The number of carbonyl (C=O) groups is 2. The van der Waals surface area contributed by atoms with E-state index in [1.54, 1.807) is 13.0 Å². The Labute approximate surface area is 275 Å². The maximum Gasteiger partial charge on any atom is 0.330 e. The molecule has 0 aliphatic heterocycles. The van der Waals surface area contributed by atoms with Crippen molar-refractivity contribution in [2.45, 2.75) is 76.3 Å². The van der Waals surface area contributed by atoms with Gasteiger partial charge in [0.05, 0.1) is 13.2 Å². The number of nitro groups is 1. The van der Waals surface area contributed by atoms with Crippen LogP contribution in [0, 0.1) is 22.0 Å². The molecule has 0 bridgehead atoms. The average molecular weight is 636 g/mol. The van der Waals surface area contributed by atoms with Crippen LogP contribution in [-0.2, 0) is 30.1 Å². The topological polar surface area (TPSA) is 102 Å². The van der Waals surface area contributed by atoms with Gasteiger partial charge in [-0.05, 0) is 104 Å². The third-order valence-electron chi connectivity index (χ3n) is 9.98. The SMILES string of the molecule is CCOC(=O)C=C1CCC(c2ccccc2)(N(C)C)CC1.CCOC(=O)CC1CCC(c2ccccc2)(N(C)C)CC1C[N+](=O)[O-]. The summed E-state index contributed by atoms with van der Waals surface area (Å²) in [6.07, 6.45) is 8.27. The molecule has 4 rings (SSSR count). The summed E-state index contributed by atoms with van der Waals surface area (Å²) in [4.78, 5) is 38.9. The molecule has 0 heterocycles. The van der Waals surface area contributed by atoms with Gasteiger partial charge in [0.25, 0.3) is 0 Å². The van der Waals surface area contributed by atoms with Gasteiger partial charge < -0.3 is 9.47 Å². The number of hydrogen-bond acceptors (Lipinski definition) is 8. The maximum absolute atomic E-state index is 11.9. The largest absolute Gasteiger partial charge is 0.466 e. The quantitative estimate of drug-likeness (QED) is 0.118. The molecule has 9 nitrogen and oxygen atoms in total. The van der Waals surface area contributed by atoms with Crippen LogP contribution >= 0.6 is 0 Å². The van der Waals surface area contributed by atoms with E-state index in [0.29, 0.717) is 19.6 Å². The Bertz CT molecular complexity index is 1290. The molecule has 0 radical (unpaired) electrons. The molecule has 0 aromatic heterocycles. The predicted molar refractivity (Wildman–Crippen MR) is 181 cm³/mol. The Morgan fingerprint density at radius 1 is 0.826 bits per heavy atom. The normalized spacial score (nSPS) is 24.5. The highest BCUT2D eigenvalue weighted by Crippen LogP contribution is 2.47. The fourth-order valence-corrected chi connectivity index (χ4v) is 7.37. The predicted octanol–water partition coefficient (Wildman–Crippen LogP) is 6.60. The van der Waals surface area contributed by atoms with E-state index in [0.717, 1.165) is 38.5 Å². The van der Waals surface area contributed by atoms with Crippen LogP contribution in [0.3, 0.4) is 0 Å². The second-order valence-electron chi connectivity index (χ2n) is 12.9. The van der Waals surface area contributed by atoms with Gasteiger partial charge in [-0.15, -0.1) is 0 Å². The highest BCUT2D eigenvalue weighted by Gasteiger charge is 2.45. The van der Waals surface area contributed by atoms with Crippen molar-refractivity contribution in [3.8, 4) is 0 Å². The standard InChI is InChI=1S/C19H28N2O4.C18H25NO2/c1-4-25-18(22)12-15-10-11-19(20(2)3,13-16(15)14-21(23)24)17-8-6-5-7-9-17;1-4-21-17(20)14-15-10-12-18(13-11-15,19(2)3)16-8-6-5-7-9-16/h5-9,15-16H,4,10-14H2,1-3H3;5-9,14H,4,10-13H2,1-3H3. The molecule has 2 aliphatic carbocycles. The van der Waals surface area contributed by atoms with Crippen molar-refractivity contribution in [3.63, 3.8) is 0 Å². The zero-order chi connectivity index (χ0) is 33.7. The Hall–Kier alpha value is -3.56. The van der Waals surface area contributed by atoms with Crippen LogP contribution in [-0.4, -0.2) is 74.6 Å². The Kier molecular flexibility index (Phi) is 13.9. The van der Waals surface area contributed by atoms with Crippen LogP contribution in [0.1, 0.15) is 76.3 Å². The Morgan fingerprint density at radius 3 is 1.83 bits per heavy atom. The smallest absolute Gasteiger partial charge is 0.330 e. The Morgan fingerprint density at radius 2 is 1.35 bits per heavy atom. The van der Waals surface area contributed by atoms with Crippen LogP contribution in [0.25, 0.3) is 0 Å². The van der Waals surface area contributed by atoms with E-state index in [1.165, 1.54) is 16.7 Å². The molecule has 3 unspecified atom stereocenters. The van der Waals surface area contributed by atoms with E-state index in [9.17, 15) is 19.7 Å². The number of hydrogen-bond donors (Lipinski definition) is 0. The summed E-state index contributed by atoms with van der Waals surface area (Å²) in [5, 5.41) is 11.2. The fraction of sp³-hybridized carbons (Fsp3) is 0.568. The van der Waals surface area contributed by atoms with E-state index in [-0.39, 0.29) is 52.7 Å². The van der Waals surface area contributed by atoms with Gasteiger partial charge in [0.2, 0.25) is 6.54 Å². The number of ether oxygens (including phenoxy) is 2. The van der Waals surface area contributed by atoms with E-state index in [1.807, 2.05) is 39.2 Å². The first kappa shape index (κ1) is 36.9. The lowest BCUT2D eigenvalue weighted by Crippen LogP contribution is -2.49. The molecule has 2 aromatic rings. The van der Waals surface area contributed by atoms with Gasteiger partial charge in [0, 0.05) is 34.4 Å². The molecule has 9 heteroatoms. The third kappa shape index (κ3) is 9.48. The van der Waals surface area contributed by atoms with Gasteiger partial charge in [0.15, 0.2) is 0 Å². The molecule has 0 saturated heterocycles. The first-order chi connectivity index (χ1) is 22.0. The van der Waals surface area contributed by atoms with Crippen LogP contribution in [0.15, 0.2) is 72.3 Å². The molecule has 0 amide bonds. The van der Waals surface area contributed by atoms with Crippen molar-refractivity contribution >= 4 is 11.9 Å². The first-order valence-corrected chi connectivity index (χ1v) is 16.6. The third-order valence-corrected chi connectivity index (χ3v) is 9.98. The molecule has 0 N–H and O–H groups in total. The van der Waals surface area contributed by atoms with Crippen LogP contribution in [0.5, 0.6) is 0 Å². The highest BCUT2D eigenvalue weighted by atomic mass is 16.6. The highest BCUT2D eigenvalue weighted by molar-refractivity contribution is 5.82. The number of nitrogens with zero attached hydrogens (tertiary/aromatic N) is 3. The van der Waals surface area contributed by atoms with Crippen molar-refractivity contribution in [1.29, 1.82) is 0 Å². The summed E-state index contributed by atoms with van der Waals surface area (Å²) in [6.45, 7) is 4.29. The summed E-state index contributed by atoms with van der Waals surface area (Å²) >= 11 is 0. The Balaban J connectivity index is 0.000000254. The van der Waals surface area contributed by atoms with Crippen LogP contribution in [0.4, 0.5) is 0 Å². The summed E-state index contributed by atoms with van der Waals surface area (Å²) in [5.74, 6) is -0.598. The van der Waals surface area contributed by atoms with E-state index < -0.39 is 0 Å². The molecule has 3 atom stereocenters. The maximum atomic E-state index is 11.9. The van der Waals surface area contributed by atoms with Crippen LogP contribution < -0.4 is 0 Å². The molecule has 0 spiro atoms. The van der Waals surface area contributed by atoms with E-state index in [4.69, 9.17) is 9.47 Å². The van der Waals surface area contributed by atoms with Crippen molar-refractivity contribution in [3.05, 3.63) is 93.6 Å². The van der Waals surface area contributed by atoms with Gasteiger partial charge in [-0.2, -0.15) is 0 Å². The number of carbonyl (C=O) groups excluding carboxylic acids is 2. The average Bonchev–Trinajstić information content (AvgIpc) is 3.03. The number of rotatable bonds is 11. The van der Waals surface area contributed by atoms with E-state index in [2.05, 4.69) is 66.4 Å². The molecular formula is C37H53N3O6. The summed E-state index contributed by atoms with van der Waals surface area (Å²) in [5.41, 5.74) is 3.61. The molecule has 2 saturated carbocycles. The van der Waals surface area contributed by atoms with Crippen LogP contribution in [0.2, 0.25) is 0 Å². The zero-order valence-electron chi connectivity index (χ0n) is 28.6. The first-order valence-electron chi connectivity index (χ1n) is 16.6. The number of benzene rings is 2. The molecule has 2 fully saturated rings. The number of esters is 2. The molecule has 2 aromatic carbocycles. The summed E-state index contributed by atoms with van der Waals surface area (Å²) in [6, 6.07) is 20.9. The summed E-state index contributed by atoms with van der Waals surface area (Å²) in [7, 11) is 8.35. The van der Waals surface area contributed by atoms with E-state index >= 15 is 0 Å². The zero-order valence-corrected chi connectivity index (χ0v) is 28.6. The molecule has 46 heavy (non-hydrogen) atoms. The lowest BCUT2D eigenvalue weighted by molar-refractivity contribution is -0.491. The van der Waals surface area contributed by atoms with Crippen molar-refractivity contribution in [1.82, 2.24) is 9.80 Å². The second kappa shape index (κ2) is 17.4. The lowest BCUT2D eigenvalue weighted by atomic mass is 9.65. The summed E-state index contributed by atoms with van der Waals surface area (Å²) < 4.78 is 10.1. The van der Waals surface area contributed by atoms with Crippen molar-refractivity contribution in [2.24, 2.45) is 11.8 Å². The molecule has 2 aliphatic rings. The fourth-order valence-electron chi connectivity index (χ4n) is 7.37. The molecular weight excluding hydrogens is 582 g/mol. The van der Waals surface area contributed by atoms with Crippen molar-refractivity contribution in [2.75, 3.05) is 47.9 Å². The molecule has 252 valence electrons. The van der Waals surface area contributed by atoms with Gasteiger partial charge in [0.1, 0.15) is 0 Å². The van der Waals surface area contributed by atoms with Gasteiger partial charge in [-0.1, -0.05) is 66.2 Å². The van der Waals surface area contributed by atoms with Gasteiger partial charge in [-0.25, -0.2) is 4.79 Å². The van der Waals surface area contributed by atoms with Gasteiger partial charge >= 0.3 is 11.9 Å². The van der Waals surface area contributed by atoms with Gasteiger partial charge in [-0.3, -0.25) is 24.7 Å². The number of allylic oxidation sites excluding steroid dienone is 1. The van der Waals surface area contributed by atoms with Crippen molar-refractivity contribution < 1.29 is 24.0 Å². The minimum absolute atomic E-state index is 0.00115. The monoisotopic (exact) mass is 635 g/mol.